The fourth-order valence-corrected chi connectivity index (χ4v) is 3.98. The largest absolute Gasteiger partial charge is 0.383 e. The van der Waals surface area contributed by atoms with Gasteiger partial charge in [0.15, 0.2) is 4.90 Å². The number of benzene rings is 1. The SMILES string of the molecule is CCCC1CC1NS(=O)(=O)c1cccc(NC)c1[N+](=O)[O-]. The van der Waals surface area contributed by atoms with Gasteiger partial charge in [-0.3, -0.25) is 10.1 Å². The van der Waals surface area contributed by atoms with Crippen LogP contribution in [0, 0.1) is 16.0 Å². The number of rotatable bonds is 7. The standard InChI is InChI=1S/C13H19N3O4S/c1-3-5-9-8-11(9)15-21(19,20)12-7-4-6-10(14-2)13(12)16(17)18/h4,6-7,9,11,14-15H,3,5,8H2,1-2H3. The molecule has 0 aromatic heterocycles. The maximum Gasteiger partial charge on any atom is 0.312 e. The second kappa shape index (κ2) is 5.98. The van der Waals surface area contributed by atoms with Crippen LogP contribution in [-0.2, 0) is 10.0 Å². The molecule has 0 amide bonds. The topological polar surface area (TPSA) is 101 Å². The highest BCUT2D eigenvalue weighted by Gasteiger charge is 2.41. The van der Waals surface area contributed by atoms with Gasteiger partial charge in [-0.05, 0) is 30.9 Å². The molecule has 1 aliphatic rings. The fraction of sp³-hybridized carbons (Fsp3) is 0.538. The summed E-state index contributed by atoms with van der Waals surface area (Å²) in [7, 11) is -2.37. The van der Waals surface area contributed by atoms with Crippen molar-refractivity contribution in [2.24, 2.45) is 5.92 Å². The molecule has 116 valence electrons. The summed E-state index contributed by atoms with van der Waals surface area (Å²) in [4.78, 5) is 10.2. The van der Waals surface area contributed by atoms with Gasteiger partial charge in [-0.1, -0.05) is 19.4 Å². The van der Waals surface area contributed by atoms with Gasteiger partial charge in [0, 0.05) is 13.1 Å². The number of nitro groups is 1. The smallest absolute Gasteiger partial charge is 0.312 e. The second-order valence-corrected chi connectivity index (χ2v) is 6.85. The Balaban J connectivity index is 2.30. The molecule has 21 heavy (non-hydrogen) atoms. The van der Waals surface area contributed by atoms with Crippen LogP contribution in [0.5, 0.6) is 0 Å². The molecule has 1 aromatic rings. The molecule has 1 aliphatic carbocycles. The highest BCUT2D eigenvalue weighted by molar-refractivity contribution is 7.89. The van der Waals surface area contributed by atoms with E-state index in [0.717, 1.165) is 19.3 Å². The van der Waals surface area contributed by atoms with E-state index in [1.54, 1.807) is 0 Å². The average molecular weight is 313 g/mol. The normalized spacial score (nSPS) is 21.0. The predicted octanol–water partition coefficient (Wildman–Crippen LogP) is 2.10. The van der Waals surface area contributed by atoms with Crippen LogP contribution >= 0.6 is 0 Å². The number of nitrogens with zero attached hydrogens (tertiary/aromatic N) is 1. The van der Waals surface area contributed by atoms with Gasteiger partial charge in [-0.2, -0.15) is 0 Å². The number of para-hydroxylation sites is 1. The molecule has 2 rings (SSSR count). The lowest BCUT2D eigenvalue weighted by Gasteiger charge is -2.09. The van der Waals surface area contributed by atoms with Crippen LogP contribution in [0.4, 0.5) is 11.4 Å². The number of hydrogen-bond acceptors (Lipinski definition) is 5. The highest BCUT2D eigenvalue weighted by atomic mass is 32.2. The summed E-state index contributed by atoms with van der Waals surface area (Å²) in [6.07, 6.45) is 2.76. The van der Waals surface area contributed by atoms with Crippen molar-refractivity contribution >= 4 is 21.4 Å². The molecule has 1 fully saturated rings. The van der Waals surface area contributed by atoms with E-state index in [0.29, 0.717) is 5.92 Å². The van der Waals surface area contributed by atoms with Crippen molar-refractivity contribution < 1.29 is 13.3 Å². The summed E-state index contributed by atoms with van der Waals surface area (Å²) in [5.74, 6) is 0.344. The molecule has 1 saturated carbocycles. The van der Waals surface area contributed by atoms with Gasteiger partial charge in [0.05, 0.1) is 4.92 Å². The van der Waals surface area contributed by atoms with Gasteiger partial charge >= 0.3 is 5.69 Å². The lowest BCUT2D eigenvalue weighted by Crippen LogP contribution is -2.28. The van der Waals surface area contributed by atoms with Crippen molar-refractivity contribution in [1.82, 2.24) is 4.72 Å². The Kier molecular flexibility index (Phi) is 4.48. The number of nitro benzene ring substituents is 1. The van der Waals surface area contributed by atoms with Gasteiger partial charge in [0.1, 0.15) is 5.69 Å². The molecule has 0 aliphatic heterocycles. The molecule has 7 nitrogen and oxygen atoms in total. The molecule has 1 aromatic carbocycles. The van der Waals surface area contributed by atoms with Gasteiger partial charge in [-0.25, -0.2) is 13.1 Å². The Morgan fingerprint density at radius 2 is 2.14 bits per heavy atom. The number of nitrogens with one attached hydrogen (secondary N) is 2. The van der Waals surface area contributed by atoms with Crippen molar-refractivity contribution in [1.29, 1.82) is 0 Å². The third-order valence-corrected chi connectivity index (χ3v) is 5.15. The lowest BCUT2D eigenvalue weighted by atomic mass is 10.2. The van der Waals surface area contributed by atoms with E-state index in [9.17, 15) is 18.5 Å². The summed E-state index contributed by atoms with van der Waals surface area (Å²) in [6, 6.07) is 4.13. The summed E-state index contributed by atoms with van der Waals surface area (Å²) in [5, 5.41) is 13.8. The van der Waals surface area contributed by atoms with Crippen molar-refractivity contribution in [2.75, 3.05) is 12.4 Å². The third kappa shape index (κ3) is 3.33. The maximum atomic E-state index is 12.4. The summed E-state index contributed by atoms with van der Waals surface area (Å²) in [5.41, 5.74) is -0.232. The number of hydrogen-bond donors (Lipinski definition) is 2. The predicted molar refractivity (Wildman–Crippen MR) is 79.8 cm³/mol. The monoisotopic (exact) mass is 313 g/mol. The third-order valence-electron chi connectivity index (χ3n) is 3.63. The van der Waals surface area contributed by atoms with Gasteiger partial charge < -0.3 is 5.32 Å². The Morgan fingerprint density at radius 3 is 2.71 bits per heavy atom. The van der Waals surface area contributed by atoms with Gasteiger partial charge in [0.25, 0.3) is 0 Å². The molecule has 0 heterocycles. The molecule has 0 bridgehead atoms. The fourth-order valence-electron chi connectivity index (χ4n) is 2.47. The summed E-state index contributed by atoms with van der Waals surface area (Å²) >= 11 is 0. The molecule has 0 saturated heterocycles. The molecular weight excluding hydrogens is 294 g/mol. The Hall–Kier alpha value is -1.67. The molecule has 2 atom stereocenters. The minimum atomic E-state index is -3.89. The average Bonchev–Trinajstić information content (AvgIpc) is 3.15. The van der Waals surface area contributed by atoms with E-state index < -0.39 is 20.6 Å². The van der Waals surface area contributed by atoms with E-state index in [4.69, 9.17) is 0 Å². The first kappa shape index (κ1) is 15.7. The van der Waals surface area contributed by atoms with Crippen LogP contribution in [0.3, 0.4) is 0 Å². The molecular formula is C13H19N3O4S. The zero-order chi connectivity index (χ0) is 15.6. The molecule has 0 spiro atoms. The van der Waals surface area contributed by atoms with Crippen LogP contribution in [0.1, 0.15) is 26.2 Å². The van der Waals surface area contributed by atoms with E-state index >= 15 is 0 Å². The van der Waals surface area contributed by atoms with Crippen molar-refractivity contribution in [3.63, 3.8) is 0 Å². The number of anilines is 1. The van der Waals surface area contributed by atoms with E-state index in [-0.39, 0.29) is 16.6 Å². The first-order valence-electron chi connectivity index (χ1n) is 6.88. The summed E-state index contributed by atoms with van der Waals surface area (Å²) in [6.45, 7) is 2.05. The highest BCUT2D eigenvalue weighted by Crippen LogP contribution is 2.37. The van der Waals surface area contributed by atoms with E-state index in [1.165, 1.54) is 25.2 Å². The van der Waals surface area contributed by atoms with Crippen LogP contribution in [0.15, 0.2) is 23.1 Å². The van der Waals surface area contributed by atoms with Crippen molar-refractivity contribution in [3.8, 4) is 0 Å². The molecule has 2 N–H and O–H groups in total. The minimum absolute atomic E-state index is 0.104. The zero-order valence-corrected chi connectivity index (χ0v) is 12.8. The molecule has 8 heteroatoms. The van der Waals surface area contributed by atoms with E-state index in [1.807, 2.05) is 6.92 Å². The van der Waals surface area contributed by atoms with Crippen LogP contribution in [-0.4, -0.2) is 26.4 Å². The zero-order valence-electron chi connectivity index (χ0n) is 12.0. The van der Waals surface area contributed by atoms with Crippen molar-refractivity contribution in [2.45, 2.75) is 37.1 Å². The quantitative estimate of drug-likeness (QED) is 0.593. The number of sulfonamides is 1. The van der Waals surface area contributed by atoms with Gasteiger partial charge in [-0.15, -0.1) is 0 Å². The van der Waals surface area contributed by atoms with Crippen LogP contribution < -0.4 is 10.0 Å². The van der Waals surface area contributed by atoms with Crippen molar-refractivity contribution in [3.05, 3.63) is 28.3 Å². The first-order chi connectivity index (χ1) is 9.90. The summed E-state index contributed by atoms with van der Waals surface area (Å²) < 4.78 is 27.3. The van der Waals surface area contributed by atoms with Crippen LogP contribution in [0.2, 0.25) is 0 Å². The van der Waals surface area contributed by atoms with E-state index in [2.05, 4.69) is 10.0 Å². The molecule has 2 unspecified atom stereocenters. The first-order valence-corrected chi connectivity index (χ1v) is 8.36. The Bertz CT molecular complexity index is 645. The van der Waals surface area contributed by atoms with Gasteiger partial charge in [0.2, 0.25) is 10.0 Å². The van der Waals surface area contributed by atoms with Crippen LogP contribution in [0.25, 0.3) is 0 Å². The Labute approximate surface area is 123 Å². The Morgan fingerprint density at radius 1 is 1.43 bits per heavy atom. The lowest BCUT2D eigenvalue weighted by molar-refractivity contribution is -0.386. The second-order valence-electron chi connectivity index (χ2n) is 5.17. The molecule has 0 radical (unpaired) electrons. The maximum absolute atomic E-state index is 12.4. The minimum Gasteiger partial charge on any atom is -0.383 e.